The van der Waals surface area contributed by atoms with Crippen molar-refractivity contribution in [2.75, 3.05) is 18.1 Å². The summed E-state index contributed by atoms with van der Waals surface area (Å²) in [7, 11) is 0. The molecule has 0 fully saturated rings. The number of ketones is 1. The number of hydrogen-bond acceptors (Lipinski definition) is 5. The van der Waals surface area contributed by atoms with Crippen LogP contribution in [0.15, 0.2) is 66.7 Å². The quantitative estimate of drug-likeness (QED) is 0.501. The average molecular weight is 473 g/mol. The van der Waals surface area contributed by atoms with Gasteiger partial charge in [-0.15, -0.1) is 0 Å². The van der Waals surface area contributed by atoms with Gasteiger partial charge in [0.1, 0.15) is 17.5 Å². The van der Waals surface area contributed by atoms with Gasteiger partial charge in [0.2, 0.25) is 5.91 Å². The largest absolute Gasteiger partial charge is 0.485 e. The molecule has 1 aliphatic rings. The van der Waals surface area contributed by atoms with Crippen molar-refractivity contribution in [3.8, 4) is 11.5 Å². The fourth-order valence-corrected chi connectivity index (χ4v) is 4.01. The highest BCUT2D eigenvalue weighted by Gasteiger charge is 2.33. The van der Waals surface area contributed by atoms with E-state index in [4.69, 9.17) is 9.47 Å². The summed E-state index contributed by atoms with van der Waals surface area (Å²) in [6, 6.07) is 19.4. The standard InChI is InChI=1S/C28H28N2O5/c1-18-9-11-25(19(2)13-18)34-16-24(31)22-10-12-26-23(14-22)30(27(32)17-35-26)20(3)28(33)29-15-21-7-5-4-6-8-21/h4-14,20H,15-17H2,1-3H3,(H,29,33). The zero-order chi connectivity index (χ0) is 24.9. The third kappa shape index (κ3) is 5.51. The van der Waals surface area contributed by atoms with Gasteiger partial charge < -0.3 is 14.8 Å². The van der Waals surface area contributed by atoms with E-state index in [9.17, 15) is 14.4 Å². The number of anilines is 1. The lowest BCUT2D eigenvalue weighted by Crippen LogP contribution is -2.51. The molecule has 35 heavy (non-hydrogen) atoms. The topological polar surface area (TPSA) is 84.9 Å². The number of ether oxygens (including phenoxy) is 2. The molecule has 1 N–H and O–H groups in total. The highest BCUT2D eigenvalue weighted by molar-refractivity contribution is 6.05. The first-order valence-electron chi connectivity index (χ1n) is 11.5. The number of amides is 2. The van der Waals surface area contributed by atoms with E-state index in [0.717, 1.165) is 16.7 Å². The van der Waals surface area contributed by atoms with Crippen LogP contribution in [0.4, 0.5) is 5.69 Å². The minimum Gasteiger partial charge on any atom is -0.485 e. The summed E-state index contributed by atoms with van der Waals surface area (Å²) >= 11 is 0. The first-order valence-corrected chi connectivity index (χ1v) is 11.5. The summed E-state index contributed by atoms with van der Waals surface area (Å²) in [5, 5.41) is 2.87. The van der Waals surface area contributed by atoms with E-state index in [0.29, 0.717) is 29.3 Å². The molecule has 0 radical (unpaired) electrons. The number of fused-ring (bicyclic) bond motifs is 1. The molecule has 1 unspecified atom stereocenters. The number of Topliss-reactive ketones (excluding diaryl/α,β-unsaturated/α-hetero) is 1. The lowest BCUT2D eigenvalue weighted by atomic mass is 10.1. The zero-order valence-corrected chi connectivity index (χ0v) is 20.0. The van der Waals surface area contributed by atoms with E-state index < -0.39 is 6.04 Å². The van der Waals surface area contributed by atoms with Gasteiger partial charge in [-0.1, -0.05) is 48.0 Å². The van der Waals surface area contributed by atoms with Crippen molar-refractivity contribution in [1.82, 2.24) is 5.32 Å². The van der Waals surface area contributed by atoms with Crippen molar-refractivity contribution in [2.45, 2.75) is 33.4 Å². The Morgan fingerprint density at radius 1 is 1.06 bits per heavy atom. The maximum atomic E-state index is 12.9. The van der Waals surface area contributed by atoms with Crippen LogP contribution in [0.3, 0.4) is 0 Å². The smallest absolute Gasteiger partial charge is 0.265 e. The van der Waals surface area contributed by atoms with E-state index in [1.54, 1.807) is 25.1 Å². The molecule has 1 atom stereocenters. The Bertz CT molecular complexity index is 1260. The van der Waals surface area contributed by atoms with Crippen molar-refractivity contribution >= 4 is 23.3 Å². The molecule has 0 bridgehead atoms. The number of rotatable bonds is 8. The molecule has 180 valence electrons. The monoisotopic (exact) mass is 472 g/mol. The fourth-order valence-electron chi connectivity index (χ4n) is 4.01. The molecular weight excluding hydrogens is 444 g/mol. The summed E-state index contributed by atoms with van der Waals surface area (Å²) in [5.41, 5.74) is 3.78. The van der Waals surface area contributed by atoms with E-state index in [1.807, 2.05) is 62.4 Å². The maximum absolute atomic E-state index is 12.9. The van der Waals surface area contributed by atoms with Crippen LogP contribution in [-0.2, 0) is 16.1 Å². The molecule has 4 rings (SSSR count). The Kier molecular flexibility index (Phi) is 7.15. The minimum atomic E-state index is -0.786. The maximum Gasteiger partial charge on any atom is 0.265 e. The number of benzene rings is 3. The number of hydrogen-bond donors (Lipinski definition) is 1. The highest BCUT2D eigenvalue weighted by Crippen LogP contribution is 2.34. The van der Waals surface area contributed by atoms with Gasteiger partial charge in [-0.3, -0.25) is 19.3 Å². The molecule has 0 spiro atoms. The Labute approximate surface area is 204 Å². The summed E-state index contributed by atoms with van der Waals surface area (Å²) in [5.74, 6) is 0.192. The molecule has 3 aromatic rings. The molecular formula is C28H28N2O5. The highest BCUT2D eigenvalue weighted by atomic mass is 16.5. The van der Waals surface area contributed by atoms with Gasteiger partial charge in [0.15, 0.2) is 19.0 Å². The van der Waals surface area contributed by atoms with Crippen LogP contribution in [0.1, 0.15) is 34.0 Å². The molecule has 0 saturated heterocycles. The summed E-state index contributed by atoms with van der Waals surface area (Å²) in [6.07, 6.45) is 0. The Morgan fingerprint density at radius 2 is 1.83 bits per heavy atom. The van der Waals surface area contributed by atoms with E-state index in [-0.39, 0.29) is 30.8 Å². The molecule has 7 heteroatoms. The van der Waals surface area contributed by atoms with Gasteiger partial charge in [0.05, 0.1) is 5.69 Å². The predicted octanol–water partition coefficient (Wildman–Crippen LogP) is 4.00. The molecule has 7 nitrogen and oxygen atoms in total. The third-order valence-corrected chi connectivity index (χ3v) is 5.93. The van der Waals surface area contributed by atoms with Gasteiger partial charge in [0, 0.05) is 12.1 Å². The molecule has 2 amide bonds. The number of aryl methyl sites for hydroxylation is 2. The molecule has 1 aliphatic heterocycles. The second-order valence-electron chi connectivity index (χ2n) is 8.60. The van der Waals surface area contributed by atoms with Crippen molar-refractivity contribution in [1.29, 1.82) is 0 Å². The third-order valence-electron chi connectivity index (χ3n) is 5.93. The van der Waals surface area contributed by atoms with Crippen molar-refractivity contribution in [3.63, 3.8) is 0 Å². The number of nitrogens with zero attached hydrogens (tertiary/aromatic N) is 1. The van der Waals surface area contributed by atoms with Crippen molar-refractivity contribution in [2.24, 2.45) is 0 Å². The van der Waals surface area contributed by atoms with Gasteiger partial charge >= 0.3 is 0 Å². The zero-order valence-electron chi connectivity index (χ0n) is 20.0. The van der Waals surface area contributed by atoms with Crippen LogP contribution in [0.5, 0.6) is 11.5 Å². The van der Waals surface area contributed by atoms with Crippen LogP contribution >= 0.6 is 0 Å². The van der Waals surface area contributed by atoms with Crippen LogP contribution in [0.2, 0.25) is 0 Å². The van der Waals surface area contributed by atoms with Crippen LogP contribution in [-0.4, -0.2) is 36.9 Å². The normalized spacial score (nSPS) is 13.5. The second kappa shape index (κ2) is 10.4. The van der Waals surface area contributed by atoms with Gasteiger partial charge in [0.25, 0.3) is 5.91 Å². The second-order valence-corrected chi connectivity index (χ2v) is 8.60. The summed E-state index contributed by atoms with van der Waals surface area (Å²) in [6.45, 7) is 5.61. The van der Waals surface area contributed by atoms with Crippen LogP contribution in [0, 0.1) is 13.8 Å². The van der Waals surface area contributed by atoms with Crippen LogP contribution in [0.25, 0.3) is 0 Å². The summed E-state index contributed by atoms with van der Waals surface area (Å²) in [4.78, 5) is 39.9. The van der Waals surface area contributed by atoms with Gasteiger partial charge in [-0.2, -0.15) is 0 Å². The number of carbonyl (C=O) groups is 3. The number of nitrogens with one attached hydrogen (secondary N) is 1. The molecule has 0 aliphatic carbocycles. The number of carbonyl (C=O) groups excluding carboxylic acids is 3. The van der Waals surface area contributed by atoms with E-state index in [2.05, 4.69) is 5.32 Å². The minimum absolute atomic E-state index is 0.148. The molecule has 0 saturated carbocycles. The average Bonchev–Trinajstić information content (AvgIpc) is 2.86. The van der Waals surface area contributed by atoms with E-state index >= 15 is 0 Å². The molecule has 0 aromatic heterocycles. The van der Waals surface area contributed by atoms with Crippen molar-refractivity contribution < 1.29 is 23.9 Å². The summed E-state index contributed by atoms with van der Waals surface area (Å²) < 4.78 is 11.3. The van der Waals surface area contributed by atoms with Crippen LogP contribution < -0.4 is 19.7 Å². The predicted molar refractivity (Wildman–Crippen MR) is 133 cm³/mol. The van der Waals surface area contributed by atoms with Gasteiger partial charge in [-0.25, -0.2) is 0 Å². The lowest BCUT2D eigenvalue weighted by Gasteiger charge is -2.33. The van der Waals surface area contributed by atoms with E-state index in [1.165, 1.54) is 4.90 Å². The first kappa shape index (κ1) is 24.0. The molecule has 1 heterocycles. The Morgan fingerprint density at radius 3 is 2.57 bits per heavy atom. The Balaban J connectivity index is 1.49. The van der Waals surface area contributed by atoms with Crippen molar-refractivity contribution in [3.05, 3.63) is 89.0 Å². The first-order chi connectivity index (χ1) is 16.8. The lowest BCUT2D eigenvalue weighted by molar-refractivity contribution is -0.127. The Hall–Kier alpha value is -4.13. The molecule has 3 aromatic carbocycles. The fraction of sp³-hybridized carbons (Fsp3) is 0.250. The SMILES string of the molecule is Cc1ccc(OCC(=O)c2ccc3c(c2)N(C(C)C(=O)NCc2ccccc2)C(=O)CO3)c(C)c1. The van der Waals surface area contributed by atoms with Gasteiger partial charge in [-0.05, 0) is 56.2 Å².